The molecule has 15 heavy (non-hydrogen) atoms. The van der Waals surface area contributed by atoms with Crippen LogP contribution in [0.2, 0.25) is 0 Å². The predicted octanol–water partition coefficient (Wildman–Crippen LogP) is 4.24. The topological polar surface area (TPSA) is 18.5 Å². The average Bonchev–Trinajstić information content (AvgIpc) is 2.74. The van der Waals surface area contributed by atoms with Crippen molar-refractivity contribution in [2.75, 3.05) is 0 Å². The van der Waals surface area contributed by atoms with Crippen molar-refractivity contribution in [2.24, 2.45) is 0 Å². The smallest absolute Gasteiger partial charge is 0.101 e. The summed E-state index contributed by atoms with van der Waals surface area (Å²) >= 11 is 0. The quantitative estimate of drug-likeness (QED) is 0.517. The molecule has 2 fully saturated rings. The highest BCUT2D eigenvalue weighted by Gasteiger charge is 2.36. The van der Waals surface area contributed by atoms with E-state index in [0.29, 0.717) is 0 Å². The van der Waals surface area contributed by atoms with Crippen molar-refractivity contribution in [3.63, 3.8) is 0 Å². The van der Waals surface area contributed by atoms with Crippen molar-refractivity contribution in [1.29, 1.82) is 0 Å². The van der Waals surface area contributed by atoms with E-state index in [4.69, 9.17) is 9.78 Å². The van der Waals surface area contributed by atoms with Crippen LogP contribution in [0.3, 0.4) is 0 Å². The Morgan fingerprint density at radius 3 is 1.20 bits per heavy atom. The van der Waals surface area contributed by atoms with Crippen molar-refractivity contribution in [3.8, 4) is 0 Å². The molecule has 0 aromatic carbocycles. The van der Waals surface area contributed by atoms with Crippen LogP contribution in [0.1, 0.15) is 72.6 Å². The molecule has 0 radical (unpaired) electrons. The first-order valence-corrected chi connectivity index (χ1v) is 5.99. The van der Waals surface area contributed by atoms with E-state index < -0.39 is 0 Å². The zero-order valence-electron chi connectivity index (χ0n) is 9.47. The second-order valence-corrected chi connectivity index (χ2v) is 5.48. The van der Waals surface area contributed by atoms with E-state index in [0.717, 1.165) is 25.7 Å². The molecule has 90 valence electrons. The summed E-state index contributed by atoms with van der Waals surface area (Å²) in [5, 5.41) is 0. The molecule has 0 amide bonds. The highest BCUT2D eigenvalue weighted by atomic mass is 17.2. The van der Waals surface area contributed by atoms with Crippen molar-refractivity contribution in [1.82, 2.24) is 0 Å². The van der Waals surface area contributed by atoms with Crippen LogP contribution in [0.4, 0.5) is 0 Å². The number of rotatable bonds is 3. The fourth-order valence-corrected chi connectivity index (χ4v) is 2.61. The van der Waals surface area contributed by atoms with Crippen molar-refractivity contribution < 1.29 is 9.78 Å². The summed E-state index contributed by atoms with van der Waals surface area (Å²) in [4.78, 5) is 11.4. The lowest BCUT2D eigenvalue weighted by Crippen LogP contribution is -2.32. The van der Waals surface area contributed by atoms with E-state index in [1.54, 1.807) is 0 Å². The maximum atomic E-state index is 5.68. The molecule has 0 aromatic heterocycles. The van der Waals surface area contributed by atoms with E-state index in [2.05, 4.69) is 13.8 Å². The van der Waals surface area contributed by atoms with E-state index >= 15 is 0 Å². The molecule has 0 heterocycles. The van der Waals surface area contributed by atoms with Gasteiger partial charge in [-0.3, -0.25) is 0 Å². The maximum Gasteiger partial charge on any atom is 0.101 e. The predicted molar refractivity (Wildman–Crippen MR) is 62.6 cm³/mol. The first-order valence-electron chi connectivity index (χ1n) is 5.99. The van der Waals surface area contributed by atoms with Crippen LogP contribution in [-0.4, -0.2) is 11.2 Å². The fourth-order valence-electron chi connectivity index (χ4n) is 2.61. The molecule has 0 spiro atoms. The Bertz CT molecular complexity index is 167. The van der Waals surface area contributed by atoms with E-state index in [1.807, 2.05) is 0 Å². The summed E-state index contributed by atoms with van der Waals surface area (Å²) in [6, 6.07) is 0. The summed E-state index contributed by atoms with van der Waals surface area (Å²) < 4.78 is 0. The molecule has 0 saturated heterocycles. The molecule has 0 unspecified atom stereocenters. The molecule has 0 atom stereocenters. The highest BCUT2D eigenvalue weighted by molar-refractivity contribution is 4.83. The Hall–Kier alpha value is -0.0800. The summed E-state index contributed by atoms with van der Waals surface area (Å²) in [5.41, 5.74) is 0.0111. The Kier molecular flexibility index (Phi) is 4.19. The average molecular weight is 214 g/mol. The van der Waals surface area contributed by atoms with Crippen LogP contribution in [0.5, 0.6) is 0 Å². The van der Waals surface area contributed by atoms with Gasteiger partial charge in [-0.2, -0.15) is 0 Å². The number of hydrogen-bond donors (Lipinski definition) is 0. The molecule has 2 saturated carbocycles. The minimum atomic E-state index is 0. The highest BCUT2D eigenvalue weighted by Crippen LogP contribution is 2.38. The van der Waals surface area contributed by atoms with Crippen LogP contribution in [0.15, 0.2) is 0 Å². The van der Waals surface area contributed by atoms with Gasteiger partial charge in [0.15, 0.2) is 0 Å². The van der Waals surface area contributed by atoms with Gasteiger partial charge in [0.1, 0.15) is 11.2 Å². The van der Waals surface area contributed by atoms with E-state index in [1.165, 1.54) is 25.7 Å². The van der Waals surface area contributed by atoms with Gasteiger partial charge in [-0.1, -0.05) is 33.1 Å². The van der Waals surface area contributed by atoms with E-state index in [-0.39, 0.29) is 18.6 Å². The van der Waals surface area contributed by atoms with Crippen LogP contribution in [-0.2, 0) is 9.78 Å². The molecule has 0 aliphatic heterocycles. The van der Waals surface area contributed by atoms with Crippen molar-refractivity contribution in [2.45, 2.75) is 83.8 Å². The molecule has 2 aliphatic rings. The Labute approximate surface area is 94.3 Å². The lowest BCUT2D eigenvalue weighted by molar-refractivity contribution is -0.405. The number of hydrogen-bond acceptors (Lipinski definition) is 2. The minimum absolute atomic E-state index is 0. The third-order valence-electron chi connectivity index (χ3n) is 3.77. The first kappa shape index (κ1) is 13.0. The molecular formula is C13H26O2. The van der Waals surface area contributed by atoms with Crippen molar-refractivity contribution >= 4 is 0 Å². The van der Waals surface area contributed by atoms with Gasteiger partial charge in [0.25, 0.3) is 0 Å². The largest absolute Gasteiger partial charge is 0.230 e. The molecule has 2 nitrogen and oxygen atoms in total. The van der Waals surface area contributed by atoms with Gasteiger partial charge >= 0.3 is 0 Å². The molecule has 2 aliphatic carbocycles. The van der Waals surface area contributed by atoms with Crippen LogP contribution in [0, 0.1) is 0 Å². The van der Waals surface area contributed by atoms with Gasteiger partial charge in [0, 0.05) is 0 Å². The Morgan fingerprint density at radius 1 is 0.667 bits per heavy atom. The zero-order chi connectivity index (χ0) is 10.1. The molecule has 2 heteroatoms. The fraction of sp³-hybridized carbons (Fsp3) is 1.00. The monoisotopic (exact) mass is 214 g/mol. The van der Waals surface area contributed by atoms with Gasteiger partial charge in [-0.15, -0.1) is 0 Å². The van der Waals surface area contributed by atoms with Crippen LogP contribution in [0.25, 0.3) is 0 Å². The SMILES string of the molecule is C.CC1(OOC2(C)CCCC2)CCCC1. The Morgan fingerprint density at radius 2 is 0.933 bits per heavy atom. The van der Waals surface area contributed by atoms with Gasteiger partial charge in [0.05, 0.1) is 0 Å². The lowest BCUT2D eigenvalue weighted by Gasteiger charge is -2.29. The van der Waals surface area contributed by atoms with Gasteiger partial charge in [-0.05, 0) is 39.5 Å². The van der Waals surface area contributed by atoms with Crippen LogP contribution < -0.4 is 0 Å². The summed E-state index contributed by atoms with van der Waals surface area (Å²) in [7, 11) is 0. The molecule has 2 rings (SSSR count). The maximum absolute atomic E-state index is 5.68. The molecular weight excluding hydrogens is 188 g/mol. The first-order chi connectivity index (χ1) is 6.62. The third-order valence-corrected chi connectivity index (χ3v) is 3.77. The lowest BCUT2D eigenvalue weighted by atomic mass is 10.1. The summed E-state index contributed by atoms with van der Waals surface area (Å²) in [5.74, 6) is 0. The van der Waals surface area contributed by atoms with Gasteiger partial charge < -0.3 is 0 Å². The second kappa shape index (κ2) is 4.84. The summed E-state index contributed by atoms with van der Waals surface area (Å²) in [6.45, 7) is 4.36. The minimum Gasteiger partial charge on any atom is -0.230 e. The van der Waals surface area contributed by atoms with Crippen molar-refractivity contribution in [3.05, 3.63) is 0 Å². The molecule has 0 bridgehead atoms. The molecule has 0 aromatic rings. The third kappa shape index (κ3) is 3.18. The standard InChI is InChI=1S/C12H22O2.CH4/c1-11(7-3-4-8-11)13-14-12(2)9-5-6-10-12;/h3-10H2,1-2H3;1H4. The van der Waals surface area contributed by atoms with Crippen LogP contribution >= 0.6 is 0 Å². The normalized spacial score (nSPS) is 27.6. The van der Waals surface area contributed by atoms with E-state index in [9.17, 15) is 0 Å². The van der Waals surface area contributed by atoms with Gasteiger partial charge in [0.2, 0.25) is 0 Å². The summed E-state index contributed by atoms with van der Waals surface area (Å²) in [6.07, 6.45) is 9.78. The zero-order valence-corrected chi connectivity index (χ0v) is 9.47. The van der Waals surface area contributed by atoms with Gasteiger partial charge in [-0.25, -0.2) is 9.78 Å². The second-order valence-electron chi connectivity index (χ2n) is 5.48. The Balaban J connectivity index is 0.00000112. The molecule has 0 N–H and O–H groups in total.